The van der Waals surface area contributed by atoms with Crippen molar-refractivity contribution in [3.05, 3.63) is 28.5 Å². The molecule has 4 nitrogen and oxygen atoms in total. The van der Waals surface area contributed by atoms with Gasteiger partial charge >= 0.3 is 5.97 Å². The molecular formula is C8H5ClN2O2. The molecule has 0 saturated heterocycles. The van der Waals surface area contributed by atoms with Crippen molar-refractivity contribution >= 4 is 17.6 Å². The summed E-state index contributed by atoms with van der Waals surface area (Å²) in [5.74, 6) is -0.597. The Morgan fingerprint density at radius 3 is 3.00 bits per heavy atom. The van der Waals surface area contributed by atoms with Gasteiger partial charge in [0.2, 0.25) is 0 Å². The largest absolute Gasteiger partial charge is 0.465 e. The lowest BCUT2D eigenvalue weighted by Crippen LogP contribution is -2.04. The third-order valence-corrected chi connectivity index (χ3v) is 1.60. The fraction of sp³-hybridized carbons (Fsp3) is 0.125. The van der Waals surface area contributed by atoms with Gasteiger partial charge in [0.25, 0.3) is 0 Å². The summed E-state index contributed by atoms with van der Waals surface area (Å²) in [5.41, 5.74) is 0.279. The SMILES string of the molecule is COC(=O)c1cnc(Cl)cc1C#N. The molecule has 0 spiro atoms. The lowest BCUT2D eigenvalue weighted by atomic mass is 10.1. The number of hydrogen-bond acceptors (Lipinski definition) is 4. The first-order valence-electron chi connectivity index (χ1n) is 3.33. The monoisotopic (exact) mass is 196 g/mol. The minimum atomic E-state index is -0.597. The molecule has 0 atom stereocenters. The van der Waals surface area contributed by atoms with Crippen LogP contribution in [0.25, 0.3) is 0 Å². The highest BCUT2D eigenvalue weighted by Gasteiger charge is 2.12. The lowest BCUT2D eigenvalue weighted by Gasteiger charge is -2.00. The maximum Gasteiger partial charge on any atom is 0.340 e. The van der Waals surface area contributed by atoms with E-state index < -0.39 is 5.97 Å². The van der Waals surface area contributed by atoms with Crippen LogP contribution in [-0.4, -0.2) is 18.1 Å². The minimum Gasteiger partial charge on any atom is -0.465 e. The van der Waals surface area contributed by atoms with E-state index in [0.717, 1.165) is 0 Å². The number of pyridine rings is 1. The van der Waals surface area contributed by atoms with Gasteiger partial charge in [-0.15, -0.1) is 0 Å². The van der Waals surface area contributed by atoms with Crippen LogP contribution in [0.2, 0.25) is 5.15 Å². The van der Waals surface area contributed by atoms with Gasteiger partial charge in [0.15, 0.2) is 0 Å². The van der Waals surface area contributed by atoms with Crippen LogP contribution in [0.15, 0.2) is 12.3 Å². The molecule has 0 radical (unpaired) electrons. The standard InChI is InChI=1S/C8H5ClN2O2/c1-13-8(12)6-4-11-7(9)2-5(6)3-10/h2,4H,1H3. The van der Waals surface area contributed by atoms with Gasteiger partial charge in [-0.05, 0) is 6.07 Å². The number of rotatable bonds is 1. The van der Waals surface area contributed by atoms with E-state index in [9.17, 15) is 4.79 Å². The maximum atomic E-state index is 11.0. The third-order valence-electron chi connectivity index (χ3n) is 1.40. The van der Waals surface area contributed by atoms with E-state index >= 15 is 0 Å². The lowest BCUT2D eigenvalue weighted by molar-refractivity contribution is 0.0600. The van der Waals surface area contributed by atoms with E-state index in [1.54, 1.807) is 0 Å². The molecule has 0 unspecified atom stereocenters. The number of carbonyl (C=O) groups is 1. The van der Waals surface area contributed by atoms with E-state index in [0.29, 0.717) is 0 Å². The molecule has 0 bridgehead atoms. The smallest absolute Gasteiger partial charge is 0.340 e. The van der Waals surface area contributed by atoms with Gasteiger partial charge in [0.1, 0.15) is 11.2 Å². The Balaban J connectivity index is 3.23. The van der Waals surface area contributed by atoms with Crippen LogP contribution >= 0.6 is 11.6 Å². The van der Waals surface area contributed by atoms with Crippen LogP contribution in [0, 0.1) is 11.3 Å². The highest BCUT2D eigenvalue weighted by molar-refractivity contribution is 6.29. The Morgan fingerprint density at radius 2 is 2.46 bits per heavy atom. The maximum absolute atomic E-state index is 11.0. The molecule has 66 valence electrons. The van der Waals surface area contributed by atoms with Crippen molar-refractivity contribution in [2.24, 2.45) is 0 Å². The van der Waals surface area contributed by atoms with Crippen molar-refractivity contribution in [1.29, 1.82) is 5.26 Å². The number of halogens is 1. The van der Waals surface area contributed by atoms with Crippen molar-refractivity contribution in [3.8, 4) is 6.07 Å². The van der Waals surface area contributed by atoms with Crippen molar-refractivity contribution < 1.29 is 9.53 Å². The summed E-state index contributed by atoms with van der Waals surface area (Å²) in [4.78, 5) is 14.7. The van der Waals surface area contributed by atoms with Gasteiger partial charge < -0.3 is 4.74 Å². The van der Waals surface area contributed by atoms with Gasteiger partial charge in [-0.25, -0.2) is 9.78 Å². The average Bonchev–Trinajstić information content (AvgIpc) is 2.16. The summed E-state index contributed by atoms with van der Waals surface area (Å²) in [7, 11) is 1.23. The number of methoxy groups -OCH3 is 1. The number of esters is 1. The molecule has 0 N–H and O–H groups in total. The third kappa shape index (κ3) is 1.95. The predicted molar refractivity (Wildman–Crippen MR) is 45.3 cm³/mol. The van der Waals surface area contributed by atoms with E-state index in [-0.39, 0.29) is 16.3 Å². The average molecular weight is 197 g/mol. The topological polar surface area (TPSA) is 63.0 Å². The minimum absolute atomic E-state index is 0.120. The fourth-order valence-electron chi connectivity index (χ4n) is 0.795. The van der Waals surface area contributed by atoms with Crippen molar-refractivity contribution in [3.63, 3.8) is 0 Å². The summed E-state index contributed by atoms with van der Waals surface area (Å²) < 4.78 is 4.45. The van der Waals surface area contributed by atoms with Crippen LogP contribution in [0.3, 0.4) is 0 Å². The quantitative estimate of drug-likeness (QED) is 0.503. The Hall–Kier alpha value is -1.60. The van der Waals surface area contributed by atoms with E-state index in [1.165, 1.54) is 19.4 Å². The zero-order chi connectivity index (χ0) is 9.84. The first-order valence-corrected chi connectivity index (χ1v) is 3.70. The Morgan fingerprint density at radius 1 is 1.77 bits per heavy atom. The Bertz CT molecular complexity index is 384. The van der Waals surface area contributed by atoms with E-state index in [2.05, 4.69) is 9.72 Å². The molecule has 0 saturated carbocycles. The molecule has 0 amide bonds. The number of aromatic nitrogens is 1. The summed E-state index contributed by atoms with van der Waals surface area (Å²) in [6.07, 6.45) is 1.21. The van der Waals surface area contributed by atoms with Crippen molar-refractivity contribution in [2.45, 2.75) is 0 Å². The molecule has 13 heavy (non-hydrogen) atoms. The second kappa shape index (κ2) is 3.87. The molecule has 0 aliphatic carbocycles. The van der Waals surface area contributed by atoms with Crippen molar-refractivity contribution in [2.75, 3.05) is 7.11 Å². The van der Waals surface area contributed by atoms with Crippen LogP contribution in [0.1, 0.15) is 15.9 Å². The summed E-state index contributed by atoms with van der Waals surface area (Å²) in [6.45, 7) is 0. The highest BCUT2D eigenvalue weighted by Crippen LogP contribution is 2.12. The number of nitrogens with zero attached hydrogens (tertiary/aromatic N) is 2. The second-order valence-corrected chi connectivity index (χ2v) is 2.54. The molecule has 0 aromatic carbocycles. The van der Waals surface area contributed by atoms with E-state index in [4.69, 9.17) is 16.9 Å². The molecule has 1 heterocycles. The van der Waals surface area contributed by atoms with Crippen LogP contribution in [-0.2, 0) is 4.74 Å². The van der Waals surface area contributed by atoms with E-state index in [1.807, 2.05) is 6.07 Å². The molecule has 1 aromatic rings. The zero-order valence-corrected chi connectivity index (χ0v) is 7.50. The fourth-order valence-corrected chi connectivity index (χ4v) is 0.953. The van der Waals surface area contributed by atoms with Gasteiger partial charge in [0.05, 0.1) is 18.2 Å². The van der Waals surface area contributed by atoms with Gasteiger partial charge in [-0.1, -0.05) is 11.6 Å². The molecule has 1 aromatic heterocycles. The Kier molecular flexibility index (Phi) is 2.83. The second-order valence-electron chi connectivity index (χ2n) is 2.16. The van der Waals surface area contributed by atoms with Gasteiger partial charge in [0, 0.05) is 6.20 Å². The Labute approximate surface area is 79.7 Å². The van der Waals surface area contributed by atoms with Gasteiger partial charge in [-0.2, -0.15) is 5.26 Å². The summed E-state index contributed by atoms with van der Waals surface area (Å²) in [6, 6.07) is 3.14. The molecule has 5 heteroatoms. The van der Waals surface area contributed by atoms with Crippen LogP contribution < -0.4 is 0 Å². The number of nitriles is 1. The predicted octanol–water partition coefficient (Wildman–Crippen LogP) is 1.39. The first-order chi connectivity index (χ1) is 6.19. The molecule has 0 fully saturated rings. The molecule has 0 aliphatic heterocycles. The number of hydrogen-bond donors (Lipinski definition) is 0. The number of ether oxygens (including phenoxy) is 1. The molecular weight excluding hydrogens is 192 g/mol. The van der Waals surface area contributed by atoms with Crippen LogP contribution in [0.5, 0.6) is 0 Å². The zero-order valence-electron chi connectivity index (χ0n) is 6.74. The molecule has 1 rings (SSSR count). The van der Waals surface area contributed by atoms with Gasteiger partial charge in [-0.3, -0.25) is 0 Å². The highest BCUT2D eigenvalue weighted by atomic mass is 35.5. The van der Waals surface area contributed by atoms with Crippen molar-refractivity contribution in [1.82, 2.24) is 4.98 Å². The number of carbonyl (C=O) groups excluding carboxylic acids is 1. The molecule has 0 aliphatic rings. The first kappa shape index (κ1) is 9.49. The summed E-state index contributed by atoms with van der Waals surface area (Å²) >= 11 is 5.53. The summed E-state index contributed by atoms with van der Waals surface area (Å²) in [5, 5.41) is 8.81. The normalized spacial score (nSPS) is 9.00. The van der Waals surface area contributed by atoms with Crippen LogP contribution in [0.4, 0.5) is 0 Å².